The van der Waals surface area contributed by atoms with Crippen molar-refractivity contribution in [3.8, 4) is 0 Å². The molecule has 0 aliphatic heterocycles. The van der Waals surface area contributed by atoms with Crippen LogP contribution in [0, 0.1) is 5.92 Å². The summed E-state index contributed by atoms with van der Waals surface area (Å²) in [5, 5.41) is 7.93. The van der Waals surface area contributed by atoms with Crippen LogP contribution in [0.15, 0.2) is 0 Å². The Kier molecular flexibility index (Phi) is 5.08. The van der Waals surface area contributed by atoms with Crippen molar-refractivity contribution in [1.29, 1.82) is 0 Å². The van der Waals surface area contributed by atoms with Crippen molar-refractivity contribution in [3.63, 3.8) is 0 Å². The van der Waals surface area contributed by atoms with Crippen LogP contribution in [0.1, 0.15) is 38.5 Å². The second-order valence-electron chi connectivity index (χ2n) is 3.57. The molecular formula is C8H14F2O3S. The molecule has 0 heterocycles. The van der Waals surface area contributed by atoms with Crippen molar-refractivity contribution in [2.75, 3.05) is 0 Å². The lowest BCUT2D eigenvalue weighted by Crippen LogP contribution is -2.19. The molecule has 0 atom stereocenters. The number of hydrogen-bond donors (Lipinski definition) is 1. The van der Waals surface area contributed by atoms with Crippen molar-refractivity contribution >= 4 is 12.0 Å². The van der Waals surface area contributed by atoms with Gasteiger partial charge in [-0.1, -0.05) is 37.1 Å². The van der Waals surface area contributed by atoms with Gasteiger partial charge in [-0.2, -0.15) is 8.78 Å². The zero-order valence-corrected chi connectivity index (χ0v) is 8.56. The normalized spacial score (nSPS) is 19.9. The van der Waals surface area contributed by atoms with E-state index in [0.717, 1.165) is 32.1 Å². The third-order valence-electron chi connectivity index (χ3n) is 2.44. The predicted octanol–water partition coefficient (Wildman–Crippen LogP) is 3.62. The molecule has 84 valence electrons. The quantitative estimate of drug-likeness (QED) is 0.443. The molecule has 0 saturated heterocycles. The second kappa shape index (κ2) is 5.85. The summed E-state index contributed by atoms with van der Waals surface area (Å²) in [5.74, 6) is 0.0635. The minimum absolute atomic E-state index is 0.0635. The highest BCUT2D eigenvalue weighted by Crippen LogP contribution is 2.40. The fourth-order valence-electron chi connectivity index (χ4n) is 1.83. The zero-order chi connectivity index (χ0) is 10.4. The Labute approximate surface area is 85.8 Å². The molecule has 14 heavy (non-hydrogen) atoms. The Bertz CT molecular complexity index is 163. The smallest absolute Gasteiger partial charge is 0.220 e. The summed E-state index contributed by atoms with van der Waals surface area (Å²) >= 11 is -0.133. The average Bonchev–Trinajstić information content (AvgIpc) is 2.16. The van der Waals surface area contributed by atoms with E-state index in [1.807, 2.05) is 0 Å². The van der Waals surface area contributed by atoms with E-state index in [2.05, 4.69) is 9.37 Å². The van der Waals surface area contributed by atoms with Crippen LogP contribution in [0.4, 0.5) is 8.78 Å². The molecular weight excluding hydrogens is 214 g/mol. The first kappa shape index (κ1) is 12.2. The highest BCUT2D eigenvalue weighted by molar-refractivity contribution is 7.95. The lowest BCUT2D eigenvalue weighted by atomic mass is 9.87. The molecule has 0 spiro atoms. The van der Waals surface area contributed by atoms with Gasteiger partial charge in [0.2, 0.25) is 0 Å². The predicted molar refractivity (Wildman–Crippen MR) is 48.5 cm³/mol. The fourth-order valence-corrected chi connectivity index (χ4v) is 2.26. The van der Waals surface area contributed by atoms with Crippen molar-refractivity contribution in [3.05, 3.63) is 0 Å². The third kappa shape index (κ3) is 4.54. The Balaban J connectivity index is 2.25. The van der Waals surface area contributed by atoms with E-state index in [9.17, 15) is 8.78 Å². The standard InChI is InChI=1S/C8H14F2O3S/c9-8(10,14-13-12-11)6-7-4-2-1-3-5-7/h7,11H,1-6H2. The molecule has 1 saturated carbocycles. The Morgan fingerprint density at radius 2 is 1.93 bits per heavy atom. The molecule has 6 heteroatoms. The van der Waals surface area contributed by atoms with Crippen molar-refractivity contribution in [1.82, 2.24) is 0 Å². The molecule has 0 aromatic heterocycles. The van der Waals surface area contributed by atoms with Gasteiger partial charge in [0.1, 0.15) is 12.0 Å². The van der Waals surface area contributed by atoms with Crippen LogP contribution in [0.2, 0.25) is 0 Å². The van der Waals surface area contributed by atoms with Gasteiger partial charge in [0.05, 0.1) is 0 Å². The molecule has 1 rings (SSSR count). The highest BCUT2D eigenvalue weighted by Gasteiger charge is 2.35. The van der Waals surface area contributed by atoms with E-state index < -0.39 is 5.25 Å². The third-order valence-corrected chi connectivity index (χ3v) is 2.98. The summed E-state index contributed by atoms with van der Waals surface area (Å²) in [5.41, 5.74) is 0. The average molecular weight is 228 g/mol. The zero-order valence-electron chi connectivity index (χ0n) is 7.75. The molecule has 0 bridgehead atoms. The van der Waals surface area contributed by atoms with Gasteiger partial charge in [-0.05, 0) is 5.92 Å². The first-order valence-corrected chi connectivity index (χ1v) is 5.42. The molecule has 0 aromatic carbocycles. The first-order valence-electron chi connectivity index (χ1n) is 4.68. The fraction of sp³-hybridized carbons (Fsp3) is 1.00. The van der Waals surface area contributed by atoms with Crippen molar-refractivity contribution in [2.45, 2.75) is 43.8 Å². The van der Waals surface area contributed by atoms with E-state index in [-0.39, 0.29) is 24.4 Å². The first-order chi connectivity index (χ1) is 6.64. The van der Waals surface area contributed by atoms with Crippen LogP contribution >= 0.6 is 12.0 Å². The summed E-state index contributed by atoms with van der Waals surface area (Å²) in [6.45, 7) is 0. The van der Waals surface area contributed by atoms with Crippen LogP contribution in [0.25, 0.3) is 0 Å². The van der Waals surface area contributed by atoms with E-state index in [0.29, 0.717) is 0 Å². The maximum absolute atomic E-state index is 13.0. The number of rotatable bonds is 5. The topological polar surface area (TPSA) is 38.7 Å². The Morgan fingerprint density at radius 3 is 2.50 bits per heavy atom. The molecule has 1 aliphatic carbocycles. The summed E-state index contributed by atoms with van der Waals surface area (Å²) in [7, 11) is 0. The minimum Gasteiger partial charge on any atom is -0.220 e. The molecule has 0 amide bonds. The van der Waals surface area contributed by atoms with E-state index in [1.54, 1.807) is 0 Å². The molecule has 1 N–H and O–H groups in total. The highest BCUT2D eigenvalue weighted by atomic mass is 32.2. The van der Waals surface area contributed by atoms with Crippen molar-refractivity contribution in [2.24, 2.45) is 5.92 Å². The van der Waals surface area contributed by atoms with Crippen molar-refractivity contribution < 1.29 is 23.4 Å². The van der Waals surface area contributed by atoms with Crippen LogP contribution in [0.5, 0.6) is 0 Å². The number of halogens is 2. The van der Waals surface area contributed by atoms with Gasteiger partial charge in [-0.15, -0.1) is 4.33 Å². The van der Waals surface area contributed by atoms with Gasteiger partial charge in [0.25, 0.3) is 0 Å². The Morgan fingerprint density at radius 1 is 1.29 bits per heavy atom. The maximum atomic E-state index is 13.0. The molecule has 1 aliphatic rings. The van der Waals surface area contributed by atoms with Gasteiger partial charge >= 0.3 is 5.25 Å². The lowest BCUT2D eigenvalue weighted by molar-refractivity contribution is -0.433. The van der Waals surface area contributed by atoms with Gasteiger partial charge in [-0.25, -0.2) is 5.26 Å². The maximum Gasteiger partial charge on any atom is 0.321 e. The number of hydrogen-bond acceptors (Lipinski definition) is 4. The van der Waals surface area contributed by atoms with Gasteiger partial charge in [0.15, 0.2) is 0 Å². The monoisotopic (exact) mass is 228 g/mol. The Hall–Kier alpha value is 0.0900. The summed E-state index contributed by atoms with van der Waals surface area (Å²) < 4.78 is 29.8. The summed E-state index contributed by atoms with van der Waals surface area (Å²) in [6.07, 6.45) is 4.71. The van der Waals surface area contributed by atoms with E-state index in [4.69, 9.17) is 5.26 Å². The van der Waals surface area contributed by atoms with Gasteiger partial charge < -0.3 is 0 Å². The SMILES string of the molecule is OOOSC(F)(F)CC1CCCCC1. The lowest BCUT2D eigenvalue weighted by Gasteiger charge is -2.24. The summed E-state index contributed by atoms with van der Waals surface area (Å²) in [4.78, 5) is 0. The minimum atomic E-state index is -2.98. The van der Waals surface area contributed by atoms with E-state index in [1.165, 1.54) is 0 Å². The number of alkyl halides is 2. The summed E-state index contributed by atoms with van der Waals surface area (Å²) in [6, 6.07) is 0. The molecule has 1 fully saturated rings. The van der Waals surface area contributed by atoms with Crippen LogP contribution < -0.4 is 0 Å². The molecule has 0 unspecified atom stereocenters. The molecule has 3 nitrogen and oxygen atoms in total. The van der Waals surface area contributed by atoms with E-state index >= 15 is 0 Å². The second-order valence-corrected chi connectivity index (χ2v) is 4.47. The van der Waals surface area contributed by atoms with Crippen LogP contribution in [-0.4, -0.2) is 10.5 Å². The molecule has 0 aromatic rings. The van der Waals surface area contributed by atoms with Crippen LogP contribution in [0.3, 0.4) is 0 Å². The van der Waals surface area contributed by atoms with Crippen LogP contribution in [-0.2, 0) is 9.37 Å². The largest absolute Gasteiger partial charge is 0.321 e. The van der Waals surface area contributed by atoms with Gasteiger partial charge in [-0.3, -0.25) is 0 Å². The van der Waals surface area contributed by atoms with Gasteiger partial charge in [0, 0.05) is 6.42 Å². The molecule has 0 radical (unpaired) electrons.